The average molecular weight is 324 g/mol. The molecule has 0 aliphatic carbocycles. The summed E-state index contributed by atoms with van der Waals surface area (Å²) in [4.78, 5) is 12.6. The molecule has 6 heteroatoms. The lowest BCUT2D eigenvalue weighted by Gasteiger charge is -2.24. The summed E-state index contributed by atoms with van der Waals surface area (Å²) in [6.07, 6.45) is 3.68. The number of ether oxygens (including phenoxy) is 1. The molecule has 3 rings (SSSR count). The van der Waals surface area contributed by atoms with Crippen LogP contribution in [0, 0.1) is 0 Å². The lowest BCUT2D eigenvalue weighted by molar-refractivity contribution is 0.0741. The Balaban J connectivity index is 1.69. The molecule has 0 aliphatic heterocycles. The van der Waals surface area contributed by atoms with Gasteiger partial charge < -0.3 is 15.2 Å². The summed E-state index contributed by atoms with van der Waals surface area (Å²) in [5, 5.41) is 14.7. The van der Waals surface area contributed by atoms with E-state index in [9.17, 15) is 5.11 Å². The molecule has 0 amide bonds. The highest BCUT2D eigenvalue weighted by atomic mass is 16.5. The Labute approximate surface area is 140 Å². The predicted octanol–water partition coefficient (Wildman–Crippen LogP) is 2.44. The van der Waals surface area contributed by atoms with E-state index in [1.54, 1.807) is 20.2 Å². The van der Waals surface area contributed by atoms with Crippen molar-refractivity contribution < 1.29 is 9.84 Å². The van der Waals surface area contributed by atoms with Gasteiger partial charge in [-0.05, 0) is 36.8 Å². The van der Waals surface area contributed by atoms with Crippen molar-refractivity contribution in [1.29, 1.82) is 0 Å². The van der Waals surface area contributed by atoms with Crippen LogP contribution in [0.3, 0.4) is 0 Å². The van der Waals surface area contributed by atoms with Crippen LogP contribution in [-0.4, -0.2) is 39.3 Å². The Morgan fingerprint density at radius 2 is 1.92 bits per heavy atom. The minimum absolute atomic E-state index is 0.361. The van der Waals surface area contributed by atoms with Gasteiger partial charge in [0.15, 0.2) is 5.65 Å². The van der Waals surface area contributed by atoms with Crippen LogP contribution in [0.5, 0.6) is 5.75 Å². The smallest absolute Gasteiger partial charge is 0.164 e. The number of nitrogens with one attached hydrogen (secondary N) is 1. The van der Waals surface area contributed by atoms with E-state index in [4.69, 9.17) is 4.74 Å². The molecule has 2 N–H and O–H groups in total. The van der Waals surface area contributed by atoms with Crippen LogP contribution in [0.25, 0.3) is 11.0 Å². The SMILES string of the molecule is COc1ccc(CC(C)(O)CNc2ncnc3ncccc23)cc1. The predicted molar refractivity (Wildman–Crippen MR) is 93.1 cm³/mol. The number of aromatic nitrogens is 3. The first-order valence-electron chi connectivity index (χ1n) is 7.72. The van der Waals surface area contributed by atoms with E-state index in [0.717, 1.165) is 16.7 Å². The number of nitrogens with zero attached hydrogens (tertiary/aromatic N) is 3. The lowest BCUT2D eigenvalue weighted by Crippen LogP contribution is -2.36. The Bertz CT molecular complexity index is 813. The molecule has 1 atom stereocenters. The molecule has 1 unspecified atom stereocenters. The zero-order valence-electron chi connectivity index (χ0n) is 13.7. The van der Waals surface area contributed by atoms with Gasteiger partial charge in [0.05, 0.1) is 18.1 Å². The molecule has 1 aromatic carbocycles. The number of hydrogen-bond donors (Lipinski definition) is 2. The first-order valence-corrected chi connectivity index (χ1v) is 7.72. The second-order valence-electron chi connectivity index (χ2n) is 5.97. The molecule has 124 valence electrons. The van der Waals surface area contributed by atoms with E-state index in [1.165, 1.54) is 6.33 Å². The van der Waals surface area contributed by atoms with Gasteiger partial charge in [-0.25, -0.2) is 15.0 Å². The summed E-state index contributed by atoms with van der Waals surface area (Å²) in [7, 11) is 1.63. The van der Waals surface area contributed by atoms with Gasteiger partial charge in [-0.3, -0.25) is 0 Å². The summed E-state index contributed by atoms with van der Waals surface area (Å²) in [6.45, 7) is 2.16. The molecule has 0 aliphatic rings. The van der Waals surface area contributed by atoms with Gasteiger partial charge >= 0.3 is 0 Å². The number of methoxy groups -OCH3 is 1. The summed E-state index contributed by atoms with van der Waals surface area (Å²) < 4.78 is 5.15. The molecular weight excluding hydrogens is 304 g/mol. The van der Waals surface area contributed by atoms with E-state index in [-0.39, 0.29) is 0 Å². The number of fused-ring (bicyclic) bond motifs is 1. The highest BCUT2D eigenvalue weighted by Gasteiger charge is 2.21. The van der Waals surface area contributed by atoms with Crippen LogP contribution in [0.4, 0.5) is 5.82 Å². The van der Waals surface area contributed by atoms with Gasteiger partial charge in [-0.15, -0.1) is 0 Å². The monoisotopic (exact) mass is 324 g/mol. The summed E-state index contributed by atoms with van der Waals surface area (Å²) >= 11 is 0. The number of pyridine rings is 1. The zero-order chi connectivity index (χ0) is 17.0. The average Bonchev–Trinajstić information content (AvgIpc) is 2.60. The van der Waals surface area contributed by atoms with Crippen molar-refractivity contribution in [2.45, 2.75) is 18.9 Å². The highest BCUT2D eigenvalue weighted by Crippen LogP contribution is 2.20. The minimum atomic E-state index is -0.923. The first kappa shape index (κ1) is 16.1. The maximum absolute atomic E-state index is 10.7. The van der Waals surface area contributed by atoms with E-state index in [0.29, 0.717) is 24.4 Å². The molecule has 2 aromatic heterocycles. The van der Waals surface area contributed by atoms with Gasteiger partial charge in [0.25, 0.3) is 0 Å². The van der Waals surface area contributed by atoms with Gasteiger partial charge in [-0.2, -0.15) is 0 Å². The molecule has 2 heterocycles. The molecule has 3 aromatic rings. The molecule has 0 radical (unpaired) electrons. The fraction of sp³-hybridized carbons (Fsp3) is 0.278. The maximum Gasteiger partial charge on any atom is 0.164 e. The molecule has 0 saturated heterocycles. The second kappa shape index (κ2) is 6.80. The van der Waals surface area contributed by atoms with Crippen molar-refractivity contribution >= 4 is 16.9 Å². The molecular formula is C18H20N4O2. The normalized spacial score (nSPS) is 13.5. The Hall–Kier alpha value is -2.73. The van der Waals surface area contributed by atoms with E-state index in [2.05, 4.69) is 20.3 Å². The van der Waals surface area contributed by atoms with E-state index >= 15 is 0 Å². The molecule has 0 fully saturated rings. The fourth-order valence-corrected chi connectivity index (χ4v) is 2.56. The Morgan fingerprint density at radius 1 is 1.12 bits per heavy atom. The van der Waals surface area contributed by atoms with E-state index < -0.39 is 5.60 Å². The van der Waals surface area contributed by atoms with Crippen molar-refractivity contribution in [3.05, 3.63) is 54.5 Å². The highest BCUT2D eigenvalue weighted by molar-refractivity contribution is 5.85. The number of anilines is 1. The summed E-state index contributed by atoms with van der Waals surface area (Å²) in [6, 6.07) is 11.4. The third-order valence-electron chi connectivity index (χ3n) is 3.79. The van der Waals surface area contributed by atoms with Crippen molar-refractivity contribution in [3.8, 4) is 5.75 Å². The molecule has 24 heavy (non-hydrogen) atoms. The van der Waals surface area contributed by atoms with Crippen LogP contribution >= 0.6 is 0 Å². The van der Waals surface area contributed by atoms with Crippen LogP contribution in [0.15, 0.2) is 48.9 Å². The first-order chi connectivity index (χ1) is 11.6. The third-order valence-corrected chi connectivity index (χ3v) is 3.79. The van der Waals surface area contributed by atoms with Crippen molar-refractivity contribution in [2.24, 2.45) is 0 Å². The van der Waals surface area contributed by atoms with Crippen LogP contribution in [0.2, 0.25) is 0 Å². The summed E-state index contributed by atoms with van der Waals surface area (Å²) in [5.41, 5.74) is 0.746. The number of benzene rings is 1. The molecule has 0 spiro atoms. The fourth-order valence-electron chi connectivity index (χ4n) is 2.56. The van der Waals surface area contributed by atoms with Gasteiger partial charge in [0.2, 0.25) is 0 Å². The topological polar surface area (TPSA) is 80.2 Å². The zero-order valence-corrected chi connectivity index (χ0v) is 13.7. The summed E-state index contributed by atoms with van der Waals surface area (Å²) in [5.74, 6) is 1.47. The largest absolute Gasteiger partial charge is 0.497 e. The van der Waals surface area contributed by atoms with Gasteiger partial charge in [0, 0.05) is 19.2 Å². The second-order valence-corrected chi connectivity index (χ2v) is 5.97. The van der Waals surface area contributed by atoms with Gasteiger partial charge in [0.1, 0.15) is 17.9 Å². The van der Waals surface area contributed by atoms with Crippen LogP contribution in [0.1, 0.15) is 12.5 Å². The van der Waals surface area contributed by atoms with E-state index in [1.807, 2.05) is 36.4 Å². The van der Waals surface area contributed by atoms with Gasteiger partial charge in [-0.1, -0.05) is 12.1 Å². The number of hydrogen-bond acceptors (Lipinski definition) is 6. The molecule has 6 nitrogen and oxygen atoms in total. The van der Waals surface area contributed by atoms with Crippen molar-refractivity contribution in [2.75, 3.05) is 19.0 Å². The Morgan fingerprint density at radius 3 is 2.67 bits per heavy atom. The van der Waals surface area contributed by atoms with Crippen LogP contribution < -0.4 is 10.1 Å². The lowest BCUT2D eigenvalue weighted by atomic mass is 9.96. The minimum Gasteiger partial charge on any atom is -0.497 e. The Kier molecular flexibility index (Phi) is 4.57. The quantitative estimate of drug-likeness (QED) is 0.725. The van der Waals surface area contributed by atoms with Crippen molar-refractivity contribution in [1.82, 2.24) is 15.0 Å². The standard InChI is InChI=1S/C18H20N4O2/c1-18(23,10-13-5-7-14(24-2)8-6-13)11-20-17-15-4-3-9-19-16(15)21-12-22-17/h3-9,12,23H,10-11H2,1-2H3,(H,19,20,21,22). The van der Waals surface area contributed by atoms with Crippen molar-refractivity contribution in [3.63, 3.8) is 0 Å². The molecule has 0 saturated carbocycles. The number of aliphatic hydroxyl groups is 1. The number of rotatable bonds is 6. The maximum atomic E-state index is 10.7. The third kappa shape index (κ3) is 3.78. The molecule has 0 bridgehead atoms. The van der Waals surface area contributed by atoms with Crippen LogP contribution in [-0.2, 0) is 6.42 Å².